The number of fused-ring (bicyclic) bond motifs is 2. The fourth-order valence-electron chi connectivity index (χ4n) is 4.60. The zero-order valence-electron chi connectivity index (χ0n) is 17.7. The molecule has 30 heavy (non-hydrogen) atoms. The van der Waals surface area contributed by atoms with Crippen molar-refractivity contribution < 1.29 is 4.79 Å². The summed E-state index contributed by atoms with van der Waals surface area (Å²) in [5.74, 6) is 0.890. The summed E-state index contributed by atoms with van der Waals surface area (Å²) in [5, 5.41) is 4.51. The van der Waals surface area contributed by atoms with E-state index in [0.29, 0.717) is 0 Å². The van der Waals surface area contributed by atoms with E-state index in [2.05, 4.69) is 33.7 Å². The highest BCUT2D eigenvalue weighted by molar-refractivity contribution is 8.00. The van der Waals surface area contributed by atoms with Crippen LogP contribution in [0.1, 0.15) is 42.1 Å². The average Bonchev–Trinajstić information content (AvgIpc) is 3.18. The highest BCUT2D eigenvalue weighted by Gasteiger charge is 2.29. The Balaban J connectivity index is 1.47. The van der Waals surface area contributed by atoms with Gasteiger partial charge in [0.2, 0.25) is 0 Å². The van der Waals surface area contributed by atoms with E-state index in [1.54, 1.807) is 11.9 Å². The molecule has 1 saturated heterocycles. The number of rotatable bonds is 3. The Morgan fingerprint density at radius 1 is 1.27 bits per heavy atom. The van der Waals surface area contributed by atoms with Gasteiger partial charge in [0.25, 0.3) is 5.91 Å². The maximum atomic E-state index is 13.2. The molecule has 0 spiro atoms. The van der Waals surface area contributed by atoms with Gasteiger partial charge in [-0.1, -0.05) is 6.92 Å². The highest BCUT2D eigenvalue weighted by Crippen LogP contribution is 2.42. The number of aryl methyl sites for hydroxylation is 1. The van der Waals surface area contributed by atoms with Crippen LogP contribution in [0, 0.1) is 5.92 Å². The van der Waals surface area contributed by atoms with Crippen molar-refractivity contribution in [3.8, 4) is 0 Å². The van der Waals surface area contributed by atoms with Crippen LogP contribution in [-0.4, -0.2) is 53.1 Å². The molecule has 1 aromatic heterocycles. The SMILES string of the molecule is CC1CCN(C(=O)c2ccc3c(c2)C2=C(CCNC2)CN3Sc2cn(C)cn2)CC1. The van der Waals surface area contributed by atoms with Crippen LogP contribution < -0.4 is 9.62 Å². The molecule has 1 N–H and O–H groups in total. The van der Waals surface area contributed by atoms with Crippen LogP contribution in [0.5, 0.6) is 0 Å². The summed E-state index contributed by atoms with van der Waals surface area (Å²) in [5.41, 5.74) is 6.03. The van der Waals surface area contributed by atoms with E-state index in [0.717, 1.165) is 68.5 Å². The topological polar surface area (TPSA) is 53.4 Å². The molecular formula is C23H29N5OS. The zero-order chi connectivity index (χ0) is 20.7. The van der Waals surface area contributed by atoms with Crippen LogP contribution in [0.2, 0.25) is 0 Å². The maximum Gasteiger partial charge on any atom is 0.253 e. The van der Waals surface area contributed by atoms with E-state index >= 15 is 0 Å². The van der Waals surface area contributed by atoms with E-state index in [4.69, 9.17) is 0 Å². The number of amides is 1. The van der Waals surface area contributed by atoms with Gasteiger partial charge in [-0.2, -0.15) is 0 Å². The van der Waals surface area contributed by atoms with Gasteiger partial charge in [-0.25, -0.2) is 4.98 Å². The Kier molecular flexibility index (Phi) is 5.33. The molecule has 1 amide bonds. The minimum absolute atomic E-state index is 0.171. The third kappa shape index (κ3) is 3.76. The number of carbonyl (C=O) groups is 1. The van der Waals surface area contributed by atoms with Crippen molar-refractivity contribution in [2.45, 2.75) is 31.2 Å². The summed E-state index contributed by atoms with van der Waals surface area (Å²) >= 11 is 1.68. The highest BCUT2D eigenvalue weighted by atomic mass is 32.2. The second-order valence-electron chi connectivity index (χ2n) is 8.72. The van der Waals surface area contributed by atoms with Gasteiger partial charge in [-0.05, 0) is 61.1 Å². The van der Waals surface area contributed by atoms with Crippen molar-refractivity contribution in [3.63, 3.8) is 0 Å². The normalized spacial score (nSPS) is 19.7. The average molecular weight is 424 g/mol. The number of nitrogens with one attached hydrogen (secondary N) is 1. The molecule has 0 aliphatic carbocycles. The van der Waals surface area contributed by atoms with E-state index in [-0.39, 0.29) is 5.91 Å². The fraction of sp³-hybridized carbons (Fsp3) is 0.478. The molecule has 158 valence electrons. The van der Waals surface area contributed by atoms with Gasteiger partial charge in [0.15, 0.2) is 0 Å². The largest absolute Gasteiger partial charge is 0.339 e. The Hall–Kier alpha value is -2.25. The second-order valence-corrected chi connectivity index (χ2v) is 9.76. The summed E-state index contributed by atoms with van der Waals surface area (Å²) in [6.07, 6.45) is 7.14. The van der Waals surface area contributed by atoms with Gasteiger partial charge in [0.1, 0.15) is 5.03 Å². The molecule has 0 unspecified atom stereocenters. The van der Waals surface area contributed by atoms with Gasteiger partial charge >= 0.3 is 0 Å². The third-order valence-corrected chi connectivity index (χ3v) is 7.40. The Bertz CT molecular complexity index is 989. The maximum absolute atomic E-state index is 13.2. The van der Waals surface area contributed by atoms with Crippen molar-refractivity contribution in [2.75, 3.05) is 37.0 Å². The zero-order valence-corrected chi connectivity index (χ0v) is 18.5. The Labute approximate surface area is 182 Å². The van der Waals surface area contributed by atoms with Crippen molar-refractivity contribution in [1.29, 1.82) is 0 Å². The minimum atomic E-state index is 0.171. The van der Waals surface area contributed by atoms with E-state index < -0.39 is 0 Å². The quantitative estimate of drug-likeness (QED) is 0.765. The molecule has 7 heteroatoms. The van der Waals surface area contributed by atoms with E-state index in [9.17, 15) is 4.79 Å². The molecule has 4 heterocycles. The lowest BCUT2D eigenvalue weighted by atomic mass is 9.89. The number of imidazole rings is 1. The van der Waals surface area contributed by atoms with Crippen LogP contribution in [0.15, 0.2) is 41.3 Å². The molecule has 0 saturated carbocycles. The molecule has 0 bridgehead atoms. The molecular weight excluding hydrogens is 394 g/mol. The number of likely N-dealkylation sites (tertiary alicyclic amines) is 1. The van der Waals surface area contributed by atoms with E-state index in [1.165, 1.54) is 22.4 Å². The summed E-state index contributed by atoms with van der Waals surface area (Å²) in [6, 6.07) is 6.26. The lowest BCUT2D eigenvalue weighted by Crippen LogP contribution is -2.38. The van der Waals surface area contributed by atoms with Crippen LogP contribution in [-0.2, 0) is 7.05 Å². The number of anilines is 1. The number of benzene rings is 1. The summed E-state index contributed by atoms with van der Waals surface area (Å²) in [6.45, 7) is 6.81. The second kappa shape index (κ2) is 8.12. The number of aromatic nitrogens is 2. The predicted molar refractivity (Wildman–Crippen MR) is 122 cm³/mol. The molecule has 5 rings (SSSR count). The van der Waals surface area contributed by atoms with Crippen molar-refractivity contribution in [3.05, 3.63) is 47.4 Å². The smallest absolute Gasteiger partial charge is 0.253 e. The van der Waals surface area contributed by atoms with Gasteiger partial charge in [0, 0.05) is 56.0 Å². The Morgan fingerprint density at radius 2 is 2.10 bits per heavy atom. The molecule has 0 atom stereocenters. The predicted octanol–water partition coefficient (Wildman–Crippen LogP) is 3.57. The van der Waals surface area contributed by atoms with Crippen molar-refractivity contribution >= 4 is 29.1 Å². The molecule has 6 nitrogen and oxygen atoms in total. The standard InChI is InChI=1S/C23H29N5OS/c1-16-6-9-27(10-7-16)23(29)17-3-4-21-19(11-17)20-12-24-8-5-18(20)13-28(21)30-22-14-26(2)15-25-22/h3-4,11,14-16,24H,5-10,12-13H2,1-2H3. The van der Waals surface area contributed by atoms with Crippen LogP contribution in [0.25, 0.3) is 5.57 Å². The molecule has 1 fully saturated rings. The monoisotopic (exact) mass is 423 g/mol. The number of piperidine rings is 1. The van der Waals surface area contributed by atoms with E-state index in [1.807, 2.05) is 35.1 Å². The first-order valence-electron chi connectivity index (χ1n) is 10.9. The molecule has 3 aliphatic rings. The number of hydrogen-bond acceptors (Lipinski definition) is 5. The van der Waals surface area contributed by atoms with Gasteiger partial charge in [-0.15, -0.1) is 0 Å². The number of nitrogens with zero attached hydrogens (tertiary/aromatic N) is 4. The van der Waals surface area contributed by atoms with Crippen molar-refractivity contribution in [1.82, 2.24) is 19.8 Å². The summed E-state index contributed by atoms with van der Waals surface area (Å²) in [4.78, 5) is 19.7. The van der Waals surface area contributed by atoms with Gasteiger partial charge in [0.05, 0.1) is 18.6 Å². The molecule has 1 aromatic carbocycles. The molecule has 0 radical (unpaired) electrons. The number of hydrogen-bond donors (Lipinski definition) is 1. The van der Waals surface area contributed by atoms with Crippen LogP contribution in [0.4, 0.5) is 5.69 Å². The molecule has 3 aliphatic heterocycles. The lowest BCUT2D eigenvalue weighted by molar-refractivity contribution is 0.0697. The van der Waals surface area contributed by atoms with Crippen molar-refractivity contribution in [2.24, 2.45) is 13.0 Å². The minimum Gasteiger partial charge on any atom is -0.339 e. The first-order valence-corrected chi connectivity index (χ1v) is 11.6. The first-order chi connectivity index (χ1) is 14.6. The first kappa shape index (κ1) is 19.7. The Morgan fingerprint density at radius 3 is 2.87 bits per heavy atom. The van der Waals surface area contributed by atoms with Gasteiger partial charge < -0.3 is 19.1 Å². The molecule has 2 aromatic rings. The van der Waals surface area contributed by atoms with Crippen LogP contribution >= 0.6 is 11.9 Å². The summed E-state index contributed by atoms with van der Waals surface area (Å²) < 4.78 is 4.31. The van der Waals surface area contributed by atoms with Crippen LogP contribution in [0.3, 0.4) is 0 Å². The summed E-state index contributed by atoms with van der Waals surface area (Å²) in [7, 11) is 1.99. The van der Waals surface area contributed by atoms with Gasteiger partial charge in [-0.3, -0.25) is 4.79 Å². The lowest BCUT2D eigenvalue weighted by Gasteiger charge is -2.36. The fourth-order valence-corrected chi connectivity index (χ4v) is 5.61. The third-order valence-electron chi connectivity index (χ3n) is 6.46. The number of carbonyl (C=O) groups excluding carboxylic acids is 1.